The van der Waals surface area contributed by atoms with E-state index >= 15 is 0 Å². The van der Waals surface area contributed by atoms with Gasteiger partial charge in [-0.15, -0.1) is 11.3 Å². The van der Waals surface area contributed by atoms with Crippen LogP contribution in [0.1, 0.15) is 25.9 Å². The molecule has 0 saturated carbocycles. The Morgan fingerprint density at radius 3 is 2.81 bits per heavy atom. The third kappa shape index (κ3) is 3.71. The standard InChI is InChI=1S/C14H15ClFN3OS/c1-7-12(21-8(2)19-7)3-4-18-14(20)10-5-9(15)6-11(16)13(10)17/h5-6H,3-4,17H2,1-2H3,(H,18,20). The van der Waals surface area contributed by atoms with Crippen LogP contribution in [0.4, 0.5) is 10.1 Å². The number of rotatable bonds is 4. The lowest BCUT2D eigenvalue weighted by molar-refractivity contribution is 0.0954. The van der Waals surface area contributed by atoms with Gasteiger partial charge in [-0.05, 0) is 26.0 Å². The fourth-order valence-corrected chi connectivity index (χ4v) is 3.10. The lowest BCUT2D eigenvalue weighted by atomic mass is 10.1. The van der Waals surface area contributed by atoms with Gasteiger partial charge in [0.15, 0.2) is 0 Å². The Kier molecular flexibility index (Phi) is 4.80. The van der Waals surface area contributed by atoms with Crippen LogP contribution in [0.3, 0.4) is 0 Å². The third-order valence-electron chi connectivity index (χ3n) is 2.98. The minimum atomic E-state index is -0.693. The monoisotopic (exact) mass is 327 g/mol. The largest absolute Gasteiger partial charge is 0.396 e. The first kappa shape index (κ1) is 15.7. The second-order valence-corrected chi connectivity index (χ2v) is 6.32. The van der Waals surface area contributed by atoms with Crippen molar-refractivity contribution in [1.29, 1.82) is 0 Å². The Hall–Kier alpha value is -1.66. The van der Waals surface area contributed by atoms with Gasteiger partial charge in [0.2, 0.25) is 0 Å². The van der Waals surface area contributed by atoms with Crippen molar-refractivity contribution in [2.45, 2.75) is 20.3 Å². The number of anilines is 1. The Bertz CT molecular complexity index is 687. The molecule has 21 heavy (non-hydrogen) atoms. The van der Waals surface area contributed by atoms with Crippen molar-refractivity contribution < 1.29 is 9.18 Å². The van der Waals surface area contributed by atoms with Crippen LogP contribution in [-0.4, -0.2) is 17.4 Å². The molecule has 1 amide bonds. The summed E-state index contributed by atoms with van der Waals surface area (Å²) in [5.41, 5.74) is 6.39. The molecule has 0 spiro atoms. The normalized spacial score (nSPS) is 10.7. The van der Waals surface area contributed by atoms with Gasteiger partial charge in [-0.1, -0.05) is 11.6 Å². The minimum absolute atomic E-state index is 0.0530. The smallest absolute Gasteiger partial charge is 0.253 e. The van der Waals surface area contributed by atoms with Gasteiger partial charge in [-0.25, -0.2) is 9.37 Å². The number of nitrogen functional groups attached to an aromatic ring is 1. The summed E-state index contributed by atoms with van der Waals surface area (Å²) in [6.07, 6.45) is 0.673. The lowest BCUT2D eigenvalue weighted by Crippen LogP contribution is -2.26. The summed E-state index contributed by atoms with van der Waals surface area (Å²) in [4.78, 5) is 17.5. The molecule has 0 aliphatic carbocycles. The molecule has 1 aromatic carbocycles. The molecule has 0 saturated heterocycles. The summed E-state index contributed by atoms with van der Waals surface area (Å²) in [6, 6.07) is 2.44. The van der Waals surface area contributed by atoms with E-state index in [0.29, 0.717) is 13.0 Å². The molecule has 0 fully saturated rings. The summed E-state index contributed by atoms with van der Waals surface area (Å²) in [5.74, 6) is -1.13. The molecule has 0 aliphatic rings. The van der Waals surface area contributed by atoms with Crippen LogP contribution in [0.15, 0.2) is 12.1 Å². The molecule has 0 radical (unpaired) electrons. The maximum absolute atomic E-state index is 13.4. The van der Waals surface area contributed by atoms with Crippen LogP contribution in [0.2, 0.25) is 5.02 Å². The van der Waals surface area contributed by atoms with Gasteiger partial charge in [-0.2, -0.15) is 0 Å². The highest BCUT2D eigenvalue weighted by Gasteiger charge is 2.14. The number of halogens is 2. The van der Waals surface area contributed by atoms with Crippen LogP contribution >= 0.6 is 22.9 Å². The van der Waals surface area contributed by atoms with Gasteiger partial charge in [0.25, 0.3) is 5.91 Å². The van der Waals surface area contributed by atoms with Crippen molar-refractivity contribution in [3.8, 4) is 0 Å². The number of aryl methyl sites for hydroxylation is 2. The molecule has 1 heterocycles. The van der Waals surface area contributed by atoms with Crippen LogP contribution in [-0.2, 0) is 6.42 Å². The summed E-state index contributed by atoms with van der Waals surface area (Å²) in [6.45, 7) is 4.30. The summed E-state index contributed by atoms with van der Waals surface area (Å²) in [5, 5.41) is 3.85. The summed E-state index contributed by atoms with van der Waals surface area (Å²) in [7, 11) is 0. The molecule has 0 atom stereocenters. The number of carbonyl (C=O) groups is 1. The van der Waals surface area contributed by atoms with E-state index in [0.717, 1.165) is 21.6 Å². The Labute approximate surface area is 131 Å². The molecule has 4 nitrogen and oxygen atoms in total. The van der Waals surface area contributed by atoms with Crippen LogP contribution in [0.5, 0.6) is 0 Å². The average Bonchev–Trinajstić information content (AvgIpc) is 2.72. The molecule has 2 aromatic rings. The van der Waals surface area contributed by atoms with Gasteiger partial charge in [0.1, 0.15) is 5.82 Å². The van der Waals surface area contributed by atoms with Gasteiger partial charge in [0.05, 0.1) is 22.0 Å². The van der Waals surface area contributed by atoms with E-state index < -0.39 is 11.7 Å². The van der Waals surface area contributed by atoms with E-state index in [9.17, 15) is 9.18 Å². The lowest BCUT2D eigenvalue weighted by Gasteiger charge is -2.08. The Morgan fingerprint density at radius 2 is 2.19 bits per heavy atom. The van der Waals surface area contributed by atoms with Crippen molar-refractivity contribution >= 4 is 34.5 Å². The van der Waals surface area contributed by atoms with E-state index in [4.69, 9.17) is 17.3 Å². The number of nitrogens with zero attached hydrogens (tertiary/aromatic N) is 1. The number of hydrogen-bond acceptors (Lipinski definition) is 4. The maximum Gasteiger partial charge on any atom is 0.253 e. The zero-order valence-electron chi connectivity index (χ0n) is 11.7. The van der Waals surface area contributed by atoms with E-state index in [2.05, 4.69) is 10.3 Å². The van der Waals surface area contributed by atoms with Crippen molar-refractivity contribution in [3.05, 3.63) is 44.1 Å². The number of nitrogens with two attached hydrogens (primary N) is 1. The maximum atomic E-state index is 13.4. The fraction of sp³-hybridized carbons (Fsp3) is 0.286. The molecule has 2 rings (SSSR count). The van der Waals surface area contributed by atoms with E-state index in [-0.39, 0.29) is 16.3 Å². The highest BCUT2D eigenvalue weighted by molar-refractivity contribution is 7.11. The van der Waals surface area contributed by atoms with E-state index in [1.807, 2.05) is 13.8 Å². The van der Waals surface area contributed by atoms with Crippen LogP contribution in [0.25, 0.3) is 0 Å². The highest BCUT2D eigenvalue weighted by atomic mass is 35.5. The SMILES string of the molecule is Cc1nc(C)c(CCNC(=O)c2cc(Cl)cc(F)c2N)s1. The molecule has 0 aliphatic heterocycles. The van der Waals surface area contributed by atoms with Crippen molar-refractivity contribution in [2.24, 2.45) is 0 Å². The number of nitrogens with one attached hydrogen (secondary N) is 1. The zero-order valence-corrected chi connectivity index (χ0v) is 13.2. The zero-order chi connectivity index (χ0) is 15.6. The Morgan fingerprint density at radius 1 is 1.48 bits per heavy atom. The molecular weight excluding hydrogens is 313 g/mol. The van der Waals surface area contributed by atoms with E-state index in [1.54, 1.807) is 11.3 Å². The van der Waals surface area contributed by atoms with Gasteiger partial charge in [-0.3, -0.25) is 4.79 Å². The highest BCUT2D eigenvalue weighted by Crippen LogP contribution is 2.22. The van der Waals surface area contributed by atoms with Crippen molar-refractivity contribution in [3.63, 3.8) is 0 Å². The number of amides is 1. The number of aromatic nitrogens is 1. The molecule has 0 unspecified atom stereocenters. The first-order valence-corrected chi connectivity index (χ1v) is 7.53. The average molecular weight is 328 g/mol. The molecule has 1 aromatic heterocycles. The Balaban J connectivity index is 2.01. The fourth-order valence-electron chi connectivity index (χ4n) is 1.96. The minimum Gasteiger partial charge on any atom is -0.396 e. The predicted octanol–water partition coefficient (Wildman–Crippen LogP) is 3.11. The number of thiazole rings is 1. The second kappa shape index (κ2) is 6.41. The molecule has 7 heteroatoms. The molecular formula is C14H15ClFN3OS. The van der Waals surface area contributed by atoms with Crippen molar-refractivity contribution in [2.75, 3.05) is 12.3 Å². The first-order chi connectivity index (χ1) is 9.88. The number of benzene rings is 1. The predicted molar refractivity (Wildman–Crippen MR) is 83.4 cm³/mol. The topological polar surface area (TPSA) is 68.0 Å². The van der Waals surface area contributed by atoms with Crippen LogP contribution in [0, 0.1) is 19.7 Å². The summed E-state index contributed by atoms with van der Waals surface area (Å²) < 4.78 is 13.4. The number of carbonyl (C=O) groups excluding carboxylic acids is 1. The molecule has 0 bridgehead atoms. The van der Waals surface area contributed by atoms with Gasteiger partial charge in [0, 0.05) is 22.9 Å². The third-order valence-corrected chi connectivity index (χ3v) is 4.33. The van der Waals surface area contributed by atoms with Gasteiger partial charge >= 0.3 is 0 Å². The van der Waals surface area contributed by atoms with Crippen LogP contribution < -0.4 is 11.1 Å². The van der Waals surface area contributed by atoms with Crippen molar-refractivity contribution in [1.82, 2.24) is 10.3 Å². The first-order valence-electron chi connectivity index (χ1n) is 6.34. The molecule has 112 valence electrons. The second-order valence-electron chi connectivity index (χ2n) is 4.60. The van der Waals surface area contributed by atoms with Gasteiger partial charge < -0.3 is 11.1 Å². The summed E-state index contributed by atoms with van der Waals surface area (Å²) >= 11 is 7.34. The quantitative estimate of drug-likeness (QED) is 0.848. The van der Waals surface area contributed by atoms with E-state index in [1.165, 1.54) is 6.07 Å². The molecule has 3 N–H and O–H groups in total. The number of hydrogen-bond donors (Lipinski definition) is 2.